The highest BCUT2D eigenvalue weighted by molar-refractivity contribution is 5.49. The highest BCUT2D eigenvalue weighted by Crippen LogP contribution is 2.29. The maximum absolute atomic E-state index is 5.65. The smallest absolute Gasteiger partial charge is 0.161 e. The van der Waals surface area contributed by atoms with E-state index in [-0.39, 0.29) is 0 Å². The van der Waals surface area contributed by atoms with Crippen molar-refractivity contribution in [2.24, 2.45) is 0 Å². The second-order valence-electron chi connectivity index (χ2n) is 6.02. The van der Waals surface area contributed by atoms with Crippen molar-refractivity contribution in [1.29, 1.82) is 0 Å². The number of rotatable bonds is 6. The van der Waals surface area contributed by atoms with Gasteiger partial charge in [-0.25, -0.2) is 9.97 Å². The first kappa shape index (κ1) is 16.6. The molecule has 0 saturated carbocycles. The molecule has 24 heavy (non-hydrogen) atoms. The molecule has 1 aromatic carbocycles. The lowest BCUT2D eigenvalue weighted by Crippen LogP contribution is -2.13. The van der Waals surface area contributed by atoms with Crippen LogP contribution in [-0.4, -0.2) is 23.7 Å². The Balaban J connectivity index is 1.79. The van der Waals surface area contributed by atoms with Gasteiger partial charge >= 0.3 is 0 Å². The Morgan fingerprint density at radius 1 is 1.12 bits per heavy atom. The van der Waals surface area contributed by atoms with Crippen molar-refractivity contribution in [1.82, 2.24) is 9.97 Å². The lowest BCUT2D eigenvalue weighted by atomic mass is 9.96. The van der Waals surface area contributed by atoms with Gasteiger partial charge in [0.25, 0.3) is 0 Å². The summed E-state index contributed by atoms with van der Waals surface area (Å²) in [4.78, 5) is 9.22. The van der Waals surface area contributed by atoms with Crippen LogP contribution in [0.2, 0.25) is 0 Å². The third-order valence-corrected chi connectivity index (χ3v) is 4.28. The summed E-state index contributed by atoms with van der Waals surface area (Å²) in [5, 5.41) is 3.49. The molecule has 2 aromatic rings. The zero-order valence-corrected chi connectivity index (χ0v) is 14.7. The molecule has 1 heterocycles. The van der Waals surface area contributed by atoms with Crippen LogP contribution in [-0.2, 0) is 19.4 Å². The van der Waals surface area contributed by atoms with E-state index in [9.17, 15) is 0 Å². The Hall–Kier alpha value is -2.30. The van der Waals surface area contributed by atoms with Crippen molar-refractivity contribution < 1.29 is 9.47 Å². The van der Waals surface area contributed by atoms with E-state index in [1.54, 1.807) is 7.11 Å². The van der Waals surface area contributed by atoms with Crippen LogP contribution in [0.5, 0.6) is 11.5 Å². The number of methoxy groups -OCH3 is 1. The molecule has 0 unspecified atom stereocenters. The molecule has 128 valence electrons. The van der Waals surface area contributed by atoms with E-state index < -0.39 is 0 Å². The first-order valence-electron chi connectivity index (χ1n) is 8.61. The number of ether oxygens (including phenoxy) is 2. The van der Waals surface area contributed by atoms with Gasteiger partial charge in [-0.05, 0) is 57.2 Å². The number of anilines is 1. The number of nitrogens with one attached hydrogen (secondary N) is 1. The summed E-state index contributed by atoms with van der Waals surface area (Å²) in [5.41, 5.74) is 3.63. The van der Waals surface area contributed by atoms with Crippen LogP contribution in [0.15, 0.2) is 18.2 Å². The van der Waals surface area contributed by atoms with Crippen molar-refractivity contribution in [3.63, 3.8) is 0 Å². The third kappa shape index (κ3) is 3.61. The first-order valence-corrected chi connectivity index (χ1v) is 8.61. The highest BCUT2D eigenvalue weighted by Gasteiger charge is 2.16. The number of fused-ring (bicyclic) bond motifs is 1. The lowest BCUT2D eigenvalue weighted by Gasteiger charge is -2.19. The van der Waals surface area contributed by atoms with Gasteiger partial charge in [0.05, 0.1) is 13.7 Å². The second-order valence-corrected chi connectivity index (χ2v) is 6.02. The van der Waals surface area contributed by atoms with Crippen LogP contribution in [0.1, 0.15) is 42.4 Å². The van der Waals surface area contributed by atoms with Crippen LogP contribution in [0, 0.1) is 6.92 Å². The Labute approximate surface area is 143 Å². The number of hydrogen-bond donors (Lipinski definition) is 1. The van der Waals surface area contributed by atoms with E-state index in [0.717, 1.165) is 41.5 Å². The van der Waals surface area contributed by atoms with Crippen LogP contribution >= 0.6 is 0 Å². The zero-order valence-electron chi connectivity index (χ0n) is 14.7. The SMILES string of the molecule is CCOc1cc(CNc2nc(C)nc3c2CCCC3)ccc1OC. The van der Waals surface area contributed by atoms with E-state index in [1.165, 1.54) is 24.1 Å². The molecular formula is C19H25N3O2. The summed E-state index contributed by atoms with van der Waals surface area (Å²) in [6.45, 7) is 5.25. The molecule has 0 spiro atoms. The minimum absolute atomic E-state index is 0.617. The van der Waals surface area contributed by atoms with Crippen LogP contribution < -0.4 is 14.8 Å². The summed E-state index contributed by atoms with van der Waals surface area (Å²) in [5.74, 6) is 3.35. The van der Waals surface area contributed by atoms with E-state index in [0.29, 0.717) is 13.2 Å². The first-order chi connectivity index (χ1) is 11.7. The molecule has 0 amide bonds. The van der Waals surface area contributed by atoms with Crippen LogP contribution in [0.4, 0.5) is 5.82 Å². The quantitative estimate of drug-likeness (QED) is 0.877. The molecule has 0 saturated heterocycles. The molecule has 0 fully saturated rings. The maximum atomic E-state index is 5.65. The monoisotopic (exact) mass is 327 g/mol. The van der Waals surface area contributed by atoms with Crippen molar-refractivity contribution in [3.8, 4) is 11.5 Å². The predicted molar refractivity (Wildman–Crippen MR) is 94.9 cm³/mol. The third-order valence-electron chi connectivity index (χ3n) is 4.28. The summed E-state index contributed by atoms with van der Waals surface area (Å²) in [6.07, 6.45) is 4.55. The minimum atomic E-state index is 0.617. The average Bonchev–Trinajstić information content (AvgIpc) is 2.60. The minimum Gasteiger partial charge on any atom is -0.493 e. The van der Waals surface area contributed by atoms with Crippen molar-refractivity contribution in [2.75, 3.05) is 19.0 Å². The van der Waals surface area contributed by atoms with Gasteiger partial charge in [-0.1, -0.05) is 6.07 Å². The second kappa shape index (κ2) is 7.51. The molecular weight excluding hydrogens is 302 g/mol. The van der Waals surface area contributed by atoms with Gasteiger partial charge in [0, 0.05) is 17.8 Å². The molecule has 0 aliphatic heterocycles. The molecule has 0 atom stereocenters. The fourth-order valence-electron chi connectivity index (χ4n) is 3.15. The van der Waals surface area contributed by atoms with E-state index in [4.69, 9.17) is 9.47 Å². The Morgan fingerprint density at radius 2 is 1.96 bits per heavy atom. The Morgan fingerprint density at radius 3 is 2.75 bits per heavy atom. The fraction of sp³-hybridized carbons (Fsp3) is 0.474. The molecule has 3 rings (SSSR count). The molecule has 1 aromatic heterocycles. The number of hydrogen-bond acceptors (Lipinski definition) is 5. The van der Waals surface area contributed by atoms with E-state index >= 15 is 0 Å². The Kier molecular flexibility index (Phi) is 5.18. The van der Waals surface area contributed by atoms with E-state index in [1.807, 2.05) is 26.0 Å². The molecule has 1 aliphatic carbocycles. The molecule has 1 N–H and O–H groups in total. The van der Waals surface area contributed by atoms with Gasteiger partial charge in [-0.15, -0.1) is 0 Å². The van der Waals surface area contributed by atoms with Gasteiger partial charge in [-0.2, -0.15) is 0 Å². The average molecular weight is 327 g/mol. The Bertz CT molecular complexity index is 716. The topological polar surface area (TPSA) is 56.3 Å². The normalized spacial score (nSPS) is 13.3. The molecule has 0 bridgehead atoms. The molecule has 1 aliphatic rings. The molecule has 5 heteroatoms. The van der Waals surface area contributed by atoms with Gasteiger partial charge in [-0.3, -0.25) is 0 Å². The van der Waals surface area contributed by atoms with Gasteiger partial charge in [0.1, 0.15) is 11.6 Å². The predicted octanol–water partition coefficient (Wildman–Crippen LogP) is 3.68. The fourth-order valence-corrected chi connectivity index (χ4v) is 3.15. The van der Waals surface area contributed by atoms with Crippen molar-refractivity contribution in [3.05, 3.63) is 40.8 Å². The largest absolute Gasteiger partial charge is 0.493 e. The number of nitrogens with zero attached hydrogens (tertiary/aromatic N) is 2. The van der Waals surface area contributed by atoms with E-state index in [2.05, 4.69) is 21.4 Å². The standard InChI is InChI=1S/C19H25N3O2/c1-4-24-18-11-14(9-10-17(18)23-3)12-20-19-15-7-5-6-8-16(15)21-13(2)22-19/h9-11H,4-8,12H2,1-3H3,(H,20,21,22). The van der Waals surface area contributed by atoms with Crippen molar-refractivity contribution >= 4 is 5.82 Å². The summed E-state index contributed by atoms with van der Waals surface area (Å²) >= 11 is 0. The van der Waals surface area contributed by atoms with Crippen molar-refractivity contribution in [2.45, 2.75) is 46.1 Å². The lowest BCUT2D eigenvalue weighted by molar-refractivity contribution is 0.310. The summed E-state index contributed by atoms with van der Waals surface area (Å²) < 4.78 is 11.0. The molecule has 5 nitrogen and oxygen atoms in total. The van der Waals surface area contributed by atoms with Gasteiger partial charge < -0.3 is 14.8 Å². The van der Waals surface area contributed by atoms with Gasteiger partial charge in [0.15, 0.2) is 11.5 Å². The summed E-state index contributed by atoms with van der Waals surface area (Å²) in [6, 6.07) is 6.02. The molecule has 0 radical (unpaired) electrons. The van der Waals surface area contributed by atoms with Crippen LogP contribution in [0.3, 0.4) is 0 Å². The number of benzene rings is 1. The highest BCUT2D eigenvalue weighted by atomic mass is 16.5. The van der Waals surface area contributed by atoms with Crippen LogP contribution in [0.25, 0.3) is 0 Å². The summed E-state index contributed by atoms with van der Waals surface area (Å²) in [7, 11) is 1.66. The number of aromatic nitrogens is 2. The maximum Gasteiger partial charge on any atom is 0.161 e. The van der Waals surface area contributed by atoms with Gasteiger partial charge in [0.2, 0.25) is 0 Å². The zero-order chi connectivity index (χ0) is 16.9. The number of aryl methyl sites for hydroxylation is 2.